The van der Waals surface area contributed by atoms with Crippen molar-refractivity contribution < 1.29 is 14.4 Å². The van der Waals surface area contributed by atoms with E-state index in [4.69, 9.17) is 0 Å². The number of hydrogen-bond acceptors (Lipinski definition) is 4. The Balaban J connectivity index is 1.68. The summed E-state index contributed by atoms with van der Waals surface area (Å²) in [6.07, 6.45) is 0. The normalized spacial score (nSPS) is 29.7. The van der Waals surface area contributed by atoms with Crippen LogP contribution in [0.3, 0.4) is 0 Å². The molecule has 2 saturated heterocycles. The Morgan fingerprint density at radius 2 is 1.70 bits per heavy atom. The number of aryl methyl sites for hydroxylation is 2. The van der Waals surface area contributed by atoms with Gasteiger partial charge in [-0.05, 0) is 49.1 Å². The first kappa shape index (κ1) is 19.0. The Kier molecular flexibility index (Phi) is 3.96. The molecule has 0 radical (unpaired) electrons. The fraction of sp³-hybridized carbons (Fsp3) is 0.375. The first-order valence-electron chi connectivity index (χ1n) is 10.4. The van der Waals surface area contributed by atoms with Crippen molar-refractivity contribution in [3.63, 3.8) is 0 Å². The van der Waals surface area contributed by atoms with Gasteiger partial charge in [0, 0.05) is 17.3 Å². The van der Waals surface area contributed by atoms with Crippen LogP contribution in [-0.4, -0.2) is 23.8 Å². The highest BCUT2D eigenvalue weighted by Crippen LogP contribution is 2.54. The number of carbonyl (C=O) groups is 3. The van der Waals surface area contributed by atoms with Crippen molar-refractivity contribution in [3.8, 4) is 0 Å². The molecule has 2 N–H and O–H groups in total. The standard InChI is InChI=1S/C24H25N3O3/c1-12(2)20-18-19(24(26-20)16-7-5-6-8-17(16)25-23(24)30)22(29)27(21(18)28)15-10-9-13(3)14(4)11-15/h5-12,18-20,26H,1-4H3,(H,25,30)/t18-,19+,20+,24-/m1/s1. The number of benzene rings is 2. The molecule has 0 saturated carbocycles. The molecule has 4 atom stereocenters. The largest absolute Gasteiger partial charge is 0.324 e. The molecule has 3 aliphatic heterocycles. The van der Waals surface area contributed by atoms with E-state index in [1.54, 1.807) is 0 Å². The van der Waals surface area contributed by atoms with Gasteiger partial charge in [0.2, 0.25) is 17.7 Å². The second-order valence-corrected chi connectivity index (χ2v) is 9.01. The van der Waals surface area contributed by atoms with Crippen LogP contribution in [0, 0.1) is 31.6 Å². The summed E-state index contributed by atoms with van der Waals surface area (Å²) < 4.78 is 0. The van der Waals surface area contributed by atoms with Crippen LogP contribution in [0.1, 0.15) is 30.5 Å². The van der Waals surface area contributed by atoms with E-state index in [9.17, 15) is 14.4 Å². The molecule has 2 aromatic carbocycles. The number of hydrogen-bond donors (Lipinski definition) is 2. The van der Waals surface area contributed by atoms with Gasteiger partial charge < -0.3 is 5.32 Å². The zero-order chi connectivity index (χ0) is 21.4. The Labute approximate surface area is 175 Å². The number of amides is 3. The minimum absolute atomic E-state index is 0.0777. The Bertz CT molecular complexity index is 1110. The molecule has 154 valence electrons. The number of carbonyl (C=O) groups excluding carboxylic acids is 3. The van der Waals surface area contributed by atoms with Crippen molar-refractivity contribution in [2.45, 2.75) is 39.3 Å². The van der Waals surface area contributed by atoms with E-state index < -0.39 is 17.4 Å². The molecule has 0 aromatic heterocycles. The van der Waals surface area contributed by atoms with Crippen LogP contribution in [0.5, 0.6) is 0 Å². The van der Waals surface area contributed by atoms with Crippen molar-refractivity contribution in [3.05, 3.63) is 59.2 Å². The number of anilines is 2. The van der Waals surface area contributed by atoms with Gasteiger partial charge in [-0.1, -0.05) is 38.1 Å². The van der Waals surface area contributed by atoms with Gasteiger partial charge in [-0.25, -0.2) is 4.90 Å². The zero-order valence-corrected chi connectivity index (χ0v) is 17.5. The van der Waals surface area contributed by atoms with E-state index in [0.717, 1.165) is 16.7 Å². The Hall–Kier alpha value is -2.99. The van der Waals surface area contributed by atoms with Crippen LogP contribution in [0.25, 0.3) is 0 Å². The maximum atomic E-state index is 13.8. The van der Waals surface area contributed by atoms with Crippen molar-refractivity contribution in [2.75, 3.05) is 10.2 Å². The van der Waals surface area contributed by atoms with Gasteiger partial charge in [-0.2, -0.15) is 0 Å². The van der Waals surface area contributed by atoms with E-state index in [1.807, 2.05) is 70.2 Å². The highest BCUT2D eigenvalue weighted by molar-refractivity contribution is 6.25. The maximum absolute atomic E-state index is 13.8. The van der Waals surface area contributed by atoms with Crippen LogP contribution in [0.4, 0.5) is 11.4 Å². The lowest BCUT2D eigenvalue weighted by Crippen LogP contribution is -2.54. The van der Waals surface area contributed by atoms with E-state index >= 15 is 0 Å². The number of nitrogens with zero attached hydrogens (tertiary/aromatic N) is 1. The van der Waals surface area contributed by atoms with Crippen molar-refractivity contribution in [1.29, 1.82) is 0 Å². The minimum Gasteiger partial charge on any atom is -0.324 e. The molecule has 30 heavy (non-hydrogen) atoms. The lowest BCUT2D eigenvalue weighted by Gasteiger charge is -2.30. The van der Waals surface area contributed by atoms with Crippen LogP contribution in [0.15, 0.2) is 42.5 Å². The number of para-hydroxylation sites is 1. The second-order valence-electron chi connectivity index (χ2n) is 9.01. The molecule has 1 spiro atoms. The molecule has 3 aliphatic rings. The fourth-order valence-electron chi connectivity index (χ4n) is 5.38. The first-order valence-corrected chi connectivity index (χ1v) is 10.4. The molecule has 5 rings (SSSR count). The third kappa shape index (κ3) is 2.25. The lowest BCUT2D eigenvalue weighted by molar-refractivity contribution is -0.130. The minimum atomic E-state index is -1.22. The maximum Gasteiger partial charge on any atom is 0.250 e. The van der Waals surface area contributed by atoms with Crippen molar-refractivity contribution in [1.82, 2.24) is 5.32 Å². The quantitative estimate of drug-likeness (QED) is 0.756. The lowest BCUT2D eigenvalue weighted by atomic mass is 9.76. The van der Waals surface area contributed by atoms with Crippen LogP contribution < -0.4 is 15.5 Å². The van der Waals surface area contributed by atoms with Crippen molar-refractivity contribution in [2.24, 2.45) is 17.8 Å². The smallest absolute Gasteiger partial charge is 0.250 e. The van der Waals surface area contributed by atoms with Crippen LogP contribution in [-0.2, 0) is 19.9 Å². The fourth-order valence-corrected chi connectivity index (χ4v) is 5.38. The first-order chi connectivity index (χ1) is 14.3. The highest BCUT2D eigenvalue weighted by Gasteiger charge is 2.70. The van der Waals surface area contributed by atoms with Gasteiger partial charge in [0.05, 0.1) is 17.5 Å². The van der Waals surface area contributed by atoms with Gasteiger partial charge in [-0.15, -0.1) is 0 Å². The average molecular weight is 403 g/mol. The molecule has 0 aliphatic carbocycles. The predicted molar refractivity (Wildman–Crippen MR) is 114 cm³/mol. The van der Waals surface area contributed by atoms with E-state index in [1.165, 1.54) is 4.90 Å². The van der Waals surface area contributed by atoms with Crippen LogP contribution in [0.2, 0.25) is 0 Å². The Morgan fingerprint density at radius 1 is 0.967 bits per heavy atom. The molecule has 6 heteroatoms. The van der Waals surface area contributed by atoms with Gasteiger partial charge in [0.15, 0.2) is 0 Å². The molecule has 2 fully saturated rings. The van der Waals surface area contributed by atoms with Gasteiger partial charge >= 0.3 is 0 Å². The van der Waals surface area contributed by atoms with Crippen molar-refractivity contribution >= 4 is 29.1 Å². The number of fused-ring (bicyclic) bond motifs is 4. The molecule has 0 unspecified atom stereocenters. The molecular weight excluding hydrogens is 378 g/mol. The summed E-state index contributed by atoms with van der Waals surface area (Å²) >= 11 is 0. The summed E-state index contributed by atoms with van der Waals surface area (Å²) in [4.78, 5) is 42.0. The van der Waals surface area contributed by atoms with E-state index in [2.05, 4.69) is 10.6 Å². The summed E-state index contributed by atoms with van der Waals surface area (Å²) in [6, 6.07) is 12.8. The number of imide groups is 1. The van der Waals surface area contributed by atoms with Gasteiger partial charge in [0.1, 0.15) is 5.54 Å². The summed E-state index contributed by atoms with van der Waals surface area (Å²) in [6.45, 7) is 7.99. The summed E-state index contributed by atoms with van der Waals surface area (Å²) in [5, 5.41) is 6.37. The van der Waals surface area contributed by atoms with E-state index in [-0.39, 0.29) is 29.7 Å². The predicted octanol–water partition coefficient (Wildman–Crippen LogP) is 2.88. The third-order valence-electron chi connectivity index (χ3n) is 7.02. The SMILES string of the molecule is Cc1ccc(N2C(=O)[C@@H]3[C@@H](C2=O)[C@@]2(N[C@H]3C(C)C)C(=O)Nc3ccccc32)cc1C. The zero-order valence-electron chi connectivity index (χ0n) is 17.5. The van der Waals surface area contributed by atoms with Crippen LogP contribution >= 0.6 is 0 Å². The van der Waals surface area contributed by atoms with Gasteiger partial charge in [-0.3, -0.25) is 19.7 Å². The Morgan fingerprint density at radius 3 is 2.40 bits per heavy atom. The molecular formula is C24H25N3O3. The van der Waals surface area contributed by atoms with Gasteiger partial charge in [0.25, 0.3) is 0 Å². The molecule has 3 amide bonds. The molecule has 2 aromatic rings. The molecule has 0 bridgehead atoms. The number of rotatable bonds is 2. The molecule has 6 nitrogen and oxygen atoms in total. The average Bonchev–Trinajstić information content (AvgIpc) is 3.30. The summed E-state index contributed by atoms with van der Waals surface area (Å²) in [5.74, 6) is -2.08. The highest BCUT2D eigenvalue weighted by atomic mass is 16.2. The van der Waals surface area contributed by atoms with E-state index in [0.29, 0.717) is 11.4 Å². The molecule has 3 heterocycles. The monoisotopic (exact) mass is 403 g/mol. The summed E-state index contributed by atoms with van der Waals surface area (Å²) in [5.41, 5.74) is 2.91. The summed E-state index contributed by atoms with van der Waals surface area (Å²) in [7, 11) is 0. The number of nitrogens with one attached hydrogen (secondary N) is 2. The second kappa shape index (κ2) is 6.25. The topological polar surface area (TPSA) is 78.5 Å². The third-order valence-corrected chi connectivity index (χ3v) is 7.02.